The highest BCUT2D eigenvalue weighted by molar-refractivity contribution is 6.31. The lowest BCUT2D eigenvalue weighted by Crippen LogP contribution is -2.68. The van der Waals surface area contributed by atoms with E-state index < -0.39 is 17.4 Å². The van der Waals surface area contributed by atoms with Gasteiger partial charge < -0.3 is 5.32 Å². The fourth-order valence-electron chi connectivity index (χ4n) is 2.30. The number of amides is 2. The molecule has 1 aliphatic heterocycles. The molecule has 1 aliphatic rings. The Morgan fingerprint density at radius 3 is 2.60 bits per heavy atom. The summed E-state index contributed by atoms with van der Waals surface area (Å²) in [7, 11) is 0. The average molecular weight is 299 g/mol. The fourth-order valence-corrected chi connectivity index (χ4v) is 2.48. The van der Waals surface area contributed by atoms with Gasteiger partial charge in [-0.3, -0.25) is 14.5 Å². The van der Waals surface area contributed by atoms with Crippen molar-refractivity contribution in [2.75, 3.05) is 4.90 Å². The van der Waals surface area contributed by atoms with Crippen LogP contribution in [-0.4, -0.2) is 23.4 Å². The minimum absolute atomic E-state index is 0.0751. The lowest BCUT2D eigenvalue weighted by molar-refractivity contribution is -0.137. The third kappa shape index (κ3) is 2.38. The summed E-state index contributed by atoms with van der Waals surface area (Å²) in [4.78, 5) is 26.0. The number of rotatable bonds is 2. The van der Waals surface area contributed by atoms with E-state index in [2.05, 4.69) is 5.32 Å². The van der Waals surface area contributed by atoms with E-state index in [0.29, 0.717) is 12.1 Å². The second-order valence-electron chi connectivity index (χ2n) is 5.31. The van der Waals surface area contributed by atoms with E-state index in [9.17, 15) is 14.0 Å². The van der Waals surface area contributed by atoms with Gasteiger partial charge in [-0.05, 0) is 38.5 Å². The molecule has 0 aromatic heterocycles. The van der Waals surface area contributed by atoms with Crippen LogP contribution in [0.4, 0.5) is 10.1 Å². The maximum Gasteiger partial charge on any atom is 0.252 e. The van der Waals surface area contributed by atoms with Crippen LogP contribution in [0.3, 0.4) is 0 Å². The van der Waals surface area contributed by atoms with Crippen LogP contribution < -0.4 is 10.2 Å². The van der Waals surface area contributed by atoms with Gasteiger partial charge in [0.15, 0.2) is 0 Å². The molecular weight excluding hydrogens is 283 g/mol. The molecule has 0 radical (unpaired) electrons. The van der Waals surface area contributed by atoms with Crippen LogP contribution in [0, 0.1) is 5.82 Å². The number of hydrogen-bond acceptors (Lipinski definition) is 2. The minimum Gasteiger partial charge on any atom is -0.340 e. The van der Waals surface area contributed by atoms with Crippen molar-refractivity contribution in [1.29, 1.82) is 0 Å². The van der Waals surface area contributed by atoms with Gasteiger partial charge in [-0.25, -0.2) is 4.39 Å². The van der Waals surface area contributed by atoms with E-state index in [1.807, 2.05) is 6.92 Å². The molecule has 2 amide bonds. The number of hydrogen-bond donors (Lipinski definition) is 1. The first-order chi connectivity index (χ1) is 9.27. The molecule has 2 rings (SSSR count). The Balaban J connectivity index is 2.51. The van der Waals surface area contributed by atoms with E-state index >= 15 is 0 Å². The molecule has 0 aliphatic carbocycles. The first-order valence-electron chi connectivity index (χ1n) is 6.38. The van der Waals surface area contributed by atoms with Gasteiger partial charge in [0.1, 0.15) is 17.4 Å². The van der Waals surface area contributed by atoms with Gasteiger partial charge in [0, 0.05) is 5.69 Å². The van der Waals surface area contributed by atoms with Gasteiger partial charge in [-0.1, -0.05) is 18.5 Å². The molecule has 6 heteroatoms. The number of halogens is 2. The Labute approximate surface area is 121 Å². The van der Waals surface area contributed by atoms with E-state index in [-0.39, 0.29) is 16.8 Å². The number of benzene rings is 1. The van der Waals surface area contributed by atoms with Gasteiger partial charge in [0.2, 0.25) is 5.91 Å². The molecule has 1 heterocycles. The Kier molecular flexibility index (Phi) is 3.73. The summed E-state index contributed by atoms with van der Waals surface area (Å²) < 4.78 is 13.3. The number of piperazine rings is 1. The largest absolute Gasteiger partial charge is 0.340 e. The van der Waals surface area contributed by atoms with E-state index in [1.165, 1.54) is 23.1 Å². The van der Waals surface area contributed by atoms with Gasteiger partial charge in [0.05, 0.1) is 5.02 Å². The molecule has 20 heavy (non-hydrogen) atoms. The van der Waals surface area contributed by atoms with Crippen molar-refractivity contribution in [3.8, 4) is 0 Å². The molecule has 108 valence electrons. The maximum atomic E-state index is 13.3. The SMILES string of the molecule is CCC1C(=O)NC(C)(C)C(=O)N1c1ccc(F)c(Cl)c1. The van der Waals surface area contributed by atoms with Crippen LogP contribution in [-0.2, 0) is 9.59 Å². The zero-order valence-corrected chi connectivity index (χ0v) is 12.3. The number of carbonyl (C=O) groups is 2. The van der Waals surface area contributed by atoms with Crippen LogP contribution in [0.5, 0.6) is 0 Å². The van der Waals surface area contributed by atoms with Crippen LogP contribution in [0.2, 0.25) is 5.02 Å². The molecule has 1 aromatic carbocycles. The van der Waals surface area contributed by atoms with Crippen LogP contribution in [0.15, 0.2) is 18.2 Å². The summed E-state index contributed by atoms with van der Waals surface area (Å²) in [6.45, 7) is 5.09. The number of nitrogens with zero attached hydrogens (tertiary/aromatic N) is 1. The van der Waals surface area contributed by atoms with Gasteiger partial charge >= 0.3 is 0 Å². The monoisotopic (exact) mass is 298 g/mol. The van der Waals surface area contributed by atoms with Crippen molar-refractivity contribution in [3.63, 3.8) is 0 Å². The summed E-state index contributed by atoms with van der Waals surface area (Å²) in [5.74, 6) is -1.03. The zero-order valence-electron chi connectivity index (χ0n) is 11.5. The number of nitrogens with one attached hydrogen (secondary N) is 1. The van der Waals surface area contributed by atoms with Crippen molar-refractivity contribution in [2.45, 2.75) is 38.8 Å². The third-order valence-electron chi connectivity index (χ3n) is 3.37. The Morgan fingerprint density at radius 2 is 2.05 bits per heavy atom. The molecule has 0 saturated carbocycles. The molecule has 4 nitrogen and oxygen atoms in total. The van der Waals surface area contributed by atoms with Crippen molar-refractivity contribution in [1.82, 2.24) is 5.32 Å². The molecule has 0 bridgehead atoms. The molecule has 1 saturated heterocycles. The summed E-state index contributed by atoms with van der Waals surface area (Å²) in [6, 6.07) is 3.40. The van der Waals surface area contributed by atoms with E-state index in [1.54, 1.807) is 13.8 Å². The molecule has 1 aromatic rings. The van der Waals surface area contributed by atoms with Crippen LogP contribution in [0.25, 0.3) is 0 Å². The Bertz CT molecular complexity index is 574. The molecule has 1 atom stereocenters. The molecule has 1 fully saturated rings. The molecule has 1 N–H and O–H groups in total. The molecular formula is C14H16ClFN2O2. The summed E-state index contributed by atoms with van der Waals surface area (Å²) in [6.07, 6.45) is 0.461. The van der Waals surface area contributed by atoms with Gasteiger partial charge in [-0.2, -0.15) is 0 Å². The van der Waals surface area contributed by atoms with Crippen molar-refractivity contribution >= 4 is 29.1 Å². The highest BCUT2D eigenvalue weighted by atomic mass is 35.5. The zero-order chi connectivity index (χ0) is 15.1. The second kappa shape index (κ2) is 5.05. The van der Waals surface area contributed by atoms with Crippen molar-refractivity contribution in [2.24, 2.45) is 0 Å². The molecule has 0 spiro atoms. The predicted octanol–water partition coefficient (Wildman–Crippen LogP) is 2.50. The highest BCUT2D eigenvalue weighted by Crippen LogP contribution is 2.29. The number of anilines is 1. The summed E-state index contributed by atoms with van der Waals surface area (Å²) in [5.41, 5.74) is -0.569. The normalized spacial score (nSPS) is 21.9. The first kappa shape index (κ1) is 14.8. The highest BCUT2D eigenvalue weighted by Gasteiger charge is 2.45. The topological polar surface area (TPSA) is 49.4 Å². The number of carbonyl (C=O) groups excluding carboxylic acids is 2. The maximum absolute atomic E-state index is 13.3. The lowest BCUT2D eigenvalue weighted by Gasteiger charge is -2.42. The molecule has 1 unspecified atom stereocenters. The standard InChI is InChI=1S/C14H16ClFN2O2/c1-4-11-12(19)17-14(2,3)13(20)18(11)8-5-6-10(16)9(15)7-8/h5-7,11H,4H2,1-3H3,(H,17,19). The lowest BCUT2D eigenvalue weighted by atomic mass is 9.95. The van der Waals surface area contributed by atoms with Crippen molar-refractivity contribution in [3.05, 3.63) is 29.0 Å². The Hall–Kier alpha value is -1.62. The van der Waals surface area contributed by atoms with Crippen LogP contribution >= 0.6 is 11.6 Å². The smallest absolute Gasteiger partial charge is 0.252 e. The third-order valence-corrected chi connectivity index (χ3v) is 3.66. The quantitative estimate of drug-likeness (QED) is 0.912. The summed E-state index contributed by atoms with van der Waals surface area (Å²) in [5, 5.41) is 2.62. The minimum atomic E-state index is -0.996. The Morgan fingerprint density at radius 1 is 1.40 bits per heavy atom. The van der Waals surface area contributed by atoms with E-state index in [0.717, 1.165) is 0 Å². The van der Waals surface area contributed by atoms with Gasteiger partial charge in [-0.15, -0.1) is 0 Å². The van der Waals surface area contributed by atoms with E-state index in [4.69, 9.17) is 11.6 Å². The second-order valence-corrected chi connectivity index (χ2v) is 5.72. The van der Waals surface area contributed by atoms with Gasteiger partial charge in [0.25, 0.3) is 5.91 Å². The van der Waals surface area contributed by atoms with Crippen LogP contribution in [0.1, 0.15) is 27.2 Å². The average Bonchev–Trinajstić information content (AvgIpc) is 2.36. The van der Waals surface area contributed by atoms with Crippen molar-refractivity contribution < 1.29 is 14.0 Å². The predicted molar refractivity (Wildman–Crippen MR) is 75.2 cm³/mol. The first-order valence-corrected chi connectivity index (χ1v) is 6.76. The fraction of sp³-hybridized carbons (Fsp3) is 0.429. The summed E-state index contributed by atoms with van der Waals surface area (Å²) >= 11 is 5.77.